The van der Waals surface area contributed by atoms with Gasteiger partial charge in [0.1, 0.15) is 0 Å². The quantitative estimate of drug-likeness (QED) is 0.546. The number of alkyl halides is 8. The molecule has 0 unspecified atom stereocenters. The molecule has 0 atom stereocenters. The van der Waals surface area contributed by atoms with Crippen LogP contribution in [0, 0.1) is 0 Å². The van der Waals surface area contributed by atoms with Crippen molar-refractivity contribution in [3.63, 3.8) is 0 Å². The van der Waals surface area contributed by atoms with Gasteiger partial charge in [-0.3, -0.25) is 0 Å². The highest BCUT2D eigenvalue weighted by molar-refractivity contribution is 6.84. The maximum Gasteiger partial charge on any atom is 0.266 e. The van der Waals surface area contributed by atoms with E-state index in [0.29, 0.717) is 0 Å². The molecule has 0 fully saturated rings. The Labute approximate surface area is 98.5 Å². The van der Waals surface area contributed by atoms with E-state index in [2.05, 4.69) is 0 Å². The molecule has 0 aliphatic carbocycles. The number of rotatable bonds is 0. The van der Waals surface area contributed by atoms with Gasteiger partial charge in [0.05, 0.1) is 0 Å². The second kappa shape index (κ2) is 5.88. The normalized spacial score (nSPS) is 12.0. The Morgan fingerprint density at radius 2 is 0.400 bits per heavy atom. The highest BCUT2D eigenvalue weighted by Gasteiger charge is 2.11. The molecule has 0 radical (unpaired) electrons. The number of halogens is 8. The van der Waals surface area contributed by atoms with Crippen molar-refractivity contribution in [3.05, 3.63) is 0 Å². The fourth-order valence-corrected chi connectivity index (χ4v) is 0. The molecule has 0 spiro atoms. The van der Waals surface area contributed by atoms with E-state index in [1.165, 1.54) is 0 Å². The van der Waals surface area contributed by atoms with Crippen molar-refractivity contribution in [1.82, 2.24) is 0 Å². The zero-order valence-electron chi connectivity index (χ0n) is 4.02. The molecule has 0 saturated heterocycles. The van der Waals surface area contributed by atoms with E-state index in [-0.39, 0.29) is 0 Å². The van der Waals surface area contributed by atoms with Gasteiger partial charge in [-0.2, -0.15) is 0 Å². The summed E-state index contributed by atoms with van der Waals surface area (Å²) in [6.07, 6.45) is 0. The average Bonchev–Trinajstić information content (AvgIpc) is 1.12. The molecule has 8 heteroatoms. The topological polar surface area (TPSA) is 0 Å². The molecule has 0 N–H and O–H groups in total. The summed E-state index contributed by atoms with van der Waals surface area (Å²) in [5, 5.41) is 0. The van der Waals surface area contributed by atoms with Crippen LogP contribution < -0.4 is 0 Å². The van der Waals surface area contributed by atoms with E-state index in [1.54, 1.807) is 0 Å². The molecule has 0 rings (SSSR count). The Bertz CT molecular complexity index is 50.2. The van der Waals surface area contributed by atoms with Crippen molar-refractivity contribution in [3.8, 4) is 0 Å². The molecule has 0 aromatic rings. The van der Waals surface area contributed by atoms with Gasteiger partial charge in [-0.25, -0.2) is 0 Å². The summed E-state index contributed by atoms with van der Waals surface area (Å²) in [5.74, 6) is 0. The van der Waals surface area contributed by atoms with Gasteiger partial charge in [-0.15, -0.1) is 0 Å². The van der Waals surface area contributed by atoms with Gasteiger partial charge in [0.15, 0.2) is 0 Å². The van der Waals surface area contributed by atoms with Gasteiger partial charge in [0, 0.05) is 0 Å². The molecule has 64 valence electrons. The van der Waals surface area contributed by atoms with Crippen LogP contribution in [0.15, 0.2) is 0 Å². The van der Waals surface area contributed by atoms with Crippen LogP contribution in [0.25, 0.3) is 0 Å². The first kappa shape index (κ1) is 14.8. The zero-order valence-corrected chi connectivity index (χ0v) is 10.1. The van der Waals surface area contributed by atoms with Crippen LogP contribution in [0.3, 0.4) is 0 Å². The van der Waals surface area contributed by atoms with Crippen molar-refractivity contribution < 1.29 is 0 Å². The summed E-state index contributed by atoms with van der Waals surface area (Å²) < 4.78 is -3.22. The van der Waals surface area contributed by atoms with Crippen LogP contribution in [0.5, 0.6) is 0 Å². The minimum absolute atomic E-state index is 1.61. The van der Waals surface area contributed by atoms with Crippen LogP contribution in [0.2, 0.25) is 0 Å². The van der Waals surface area contributed by atoms with Crippen molar-refractivity contribution in [1.29, 1.82) is 0 Å². The summed E-state index contributed by atoms with van der Waals surface area (Å²) in [4.78, 5) is 0. The van der Waals surface area contributed by atoms with E-state index in [4.69, 9.17) is 92.8 Å². The van der Waals surface area contributed by atoms with Crippen LogP contribution >= 0.6 is 92.8 Å². The first-order chi connectivity index (χ1) is 4.00. The van der Waals surface area contributed by atoms with Gasteiger partial charge in [0.2, 0.25) is 0 Å². The van der Waals surface area contributed by atoms with Crippen molar-refractivity contribution in [2.45, 2.75) is 6.50 Å². The van der Waals surface area contributed by atoms with E-state index >= 15 is 0 Å². The highest BCUT2D eigenvalue weighted by atomic mass is 35.6. The Morgan fingerprint density at radius 1 is 0.400 bits per heavy atom. The van der Waals surface area contributed by atoms with E-state index in [1.807, 2.05) is 0 Å². The smallest absolute Gasteiger partial charge is 0.0664 e. The van der Waals surface area contributed by atoms with Crippen LogP contribution in [0.4, 0.5) is 0 Å². The SMILES string of the molecule is ClC(Cl)(Cl)Cl.ClC(Cl)(Cl)Cl. The number of hydrogen-bond acceptors (Lipinski definition) is 0. The molecular formula is C2Cl8. The third-order valence-electron chi connectivity index (χ3n) is 0. The van der Waals surface area contributed by atoms with Crippen molar-refractivity contribution in [2.75, 3.05) is 0 Å². The first-order valence-corrected chi connectivity index (χ1v) is 4.54. The first-order valence-electron chi connectivity index (χ1n) is 1.51. The lowest BCUT2D eigenvalue weighted by molar-refractivity contribution is 1.76. The molecule has 0 amide bonds. The fourth-order valence-electron chi connectivity index (χ4n) is 0. The predicted molar refractivity (Wildman–Crippen MR) is 52.3 cm³/mol. The largest absolute Gasteiger partial charge is 0.266 e. The van der Waals surface area contributed by atoms with Gasteiger partial charge >= 0.3 is 0 Å². The third kappa shape index (κ3) is 167. The lowest BCUT2D eigenvalue weighted by atomic mass is 11.8. The summed E-state index contributed by atoms with van der Waals surface area (Å²) in [6.45, 7) is 0. The Kier molecular flexibility index (Phi) is 8.71. The third-order valence-corrected chi connectivity index (χ3v) is 0. The molecule has 10 heavy (non-hydrogen) atoms. The summed E-state index contributed by atoms with van der Waals surface area (Å²) >= 11 is 38.6. The Morgan fingerprint density at radius 3 is 0.400 bits per heavy atom. The second-order valence-corrected chi connectivity index (χ2v) is 7.71. The molecule has 0 heterocycles. The molecular weight excluding hydrogens is 308 g/mol. The average molecular weight is 308 g/mol. The zero-order chi connectivity index (χ0) is 9.00. The second-order valence-electron chi connectivity index (χ2n) is 0.857. The molecule has 0 bridgehead atoms. The molecule has 0 aliphatic heterocycles. The Hall–Kier alpha value is 2.32. The van der Waals surface area contributed by atoms with Crippen LogP contribution in [-0.4, -0.2) is 6.50 Å². The van der Waals surface area contributed by atoms with Gasteiger partial charge in [0.25, 0.3) is 6.50 Å². The molecule has 0 saturated carbocycles. The van der Waals surface area contributed by atoms with E-state index in [0.717, 1.165) is 0 Å². The van der Waals surface area contributed by atoms with E-state index in [9.17, 15) is 0 Å². The minimum Gasteiger partial charge on any atom is -0.0664 e. The predicted octanol–water partition coefficient (Wildman–Crippen LogP) is 5.11. The summed E-state index contributed by atoms with van der Waals surface area (Å²) in [7, 11) is 0. The summed E-state index contributed by atoms with van der Waals surface area (Å²) in [5.41, 5.74) is 0. The van der Waals surface area contributed by atoms with Gasteiger partial charge in [-0.1, -0.05) is 92.8 Å². The molecule has 0 aromatic heterocycles. The lowest BCUT2D eigenvalue weighted by Gasteiger charge is -1.91. The maximum absolute atomic E-state index is 4.83. The van der Waals surface area contributed by atoms with E-state index < -0.39 is 6.50 Å². The standard InChI is InChI=1S/2CCl4/c2*2-1(3,4)5. The monoisotopic (exact) mass is 304 g/mol. The lowest BCUT2D eigenvalue weighted by Crippen LogP contribution is -1.81. The maximum atomic E-state index is 4.83. The molecule has 0 nitrogen and oxygen atoms in total. The highest BCUT2D eigenvalue weighted by Crippen LogP contribution is 2.30. The summed E-state index contributed by atoms with van der Waals surface area (Å²) in [6, 6.07) is 0. The number of hydrogen-bond donors (Lipinski definition) is 0. The van der Waals surface area contributed by atoms with Crippen LogP contribution in [0.1, 0.15) is 0 Å². The minimum atomic E-state index is -1.61. The van der Waals surface area contributed by atoms with Gasteiger partial charge < -0.3 is 0 Å². The Balaban J connectivity index is 0. The van der Waals surface area contributed by atoms with Crippen molar-refractivity contribution in [2.24, 2.45) is 0 Å². The molecule has 0 aromatic carbocycles. The van der Waals surface area contributed by atoms with Gasteiger partial charge in [-0.05, 0) is 0 Å². The van der Waals surface area contributed by atoms with Crippen molar-refractivity contribution >= 4 is 92.8 Å². The fraction of sp³-hybridized carbons (Fsp3) is 1.00. The molecule has 0 aliphatic rings. The van der Waals surface area contributed by atoms with Crippen LogP contribution in [-0.2, 0) is 0 Å².